The van der Waals surface area contributed by atoms with Crippen LogP contribution in [0.2, 0.25) is 0 Å². The third-order valence-electron chi connectivity index (χ3n) is 3.32. The largest absolute Gasteiger partial charge is 0.396 e. The molecule has 0 unspecified atom stereocenters. The average molecular weight is 285 g/mol. The van der Waals surface area contributed by atoms with Gasteiger partial charge in [0.15, 0.2) is 11.6 Å². The molecule has 1 atom stereocenters. The number of ether oxygens (including phenoxy) is 1. The van der Waals surface area contributed by atoms with Gasteiger partial charge in [0.25, 0.3) is 0 Å². The number of aliphatic hydroxyl groups is 1. The third kappa shape index (κ3) is 3.52. The summed E-state index contributed by atoms with van der Waals surface area (Å²) in [5.74, 6) is -2.37. The van der Waals surface area contributed by atoms with Crippen LogP contribution in [0.4, 0.5) is 8.78 Å². The van der Waals surface area contributed by atoms with Crippen LogP contribution in [-0.2, 0) is 16.0 Å². The van der Waals surface area contributed by atoms with Crippen LogP contribution in [0.5, 0.6) is 0 Å². The molecule has 6 heteroatoms. The summed E-state index contributed by atoms with van der Waals surface area (Å²) < 4.78 is 31.9. The summed E-state index contributed by atoms with van der Waals surface area (Å²) in [7, 11) is 0. The van der Waals surface area contributed by atoms with E-state index in [1.807, 2.05) is 0 Å². The number of amides is 1. The maximum absolute atomic E-state index is 13.5. The van der Waals surface area contributed by atoms with Crippen molar-refractivity contribution in [3.8, 4) is 0 Å². The van der Waals surface area contributed by atoms with Crippen molar-refractivity contribution in [3.63, 3.8) is 0 Å². The van der Waals surface area contributed by atoms with Gasteiger partial charge in [0.2, 0.25) is 5.91 Å². The molecule has 1 aliphatic heterocycles. The maximum Gasteiger partial charge on any atom is 0.227 e. The molecule has 0 bridgehead atoms. The fourth-order valence-electron chi connectivity index (χ4n) is 2.18. The van der Waals surface area contributed by atoms with E-state index in [1.165, 1.54) is 17.0 Å². The number of nitrogens with zero attached hydrogens (tertiary/aromatic N) is 1. The Kier molecular flexibility index (Phi) is 5.03. The molecule has 0 spiro atoms. The molecule has 1 heterocycles. The molecule has 0 aromatic heterocycles. The molecule has 1 N–H and O–H groups in total. The highest BCUT2D eigenvalue weighted by molar-refractivity contribution is 5.78. The van der Waals surface area contributed by atoms with Crippen LogP contribution < -0.4 is 0 Å². The van der Waals surface area contributed by atoms with Crippen LogP contribution in [0.25, 0.3) is 0 Å². The highest BCUT2D eigenvalue weighted by Crippen LogP contribution is 2.14. The van der Waals surface area contributed by atoms with E-state index in [0.717, 1.165) is 6.07 Å². The van der Waals surface area contributed by atoms with Gasteiger partial charge in [-0.3, -0.25) is 4.79 Å². The Bertz CT molecular complexity index is 481. The second-order valence-corrected chi connectivity index (χ2v) is 4.85. The Morgan fingerprint density at radius 3 is 3.00 bits per heavy atom. The van der Waals surface area contributed by atoms with Crippen LogP contribution in [0.3, 0.4) is 0 Å². The molecule has 1 aromatic carbocycles. The summed E-state index contributed by atoms with van der Waals surface area (Å²) in [6, 6.07) is 3.79. The number of benzene rings is 1. The first-order valence-corrected chi connectivity index (χ1v) is 6.51. The summed E-state index contributed by atoms with van der Waals surface area (Å²) in [4.78, 5) is 13.7. The quantitative estimate of drug-likeness (QED) is 0.900. The number of hydrogen-bond donors (Lipinski definition) is 1. The number of rotatable bonds is 3. The highest BCUT2D eigenvalue weighted by Gasteiger charge is 2.23. The molecule has 1 aromatic rings. The number of carbonyl (C=O) groups is 1. The first-order valence-electron chi connectivity index (χ1n) is 6.51. The average Bonchev–Trinajstić information content (AvgIpc) is 2.69. The van der Waals surface area contributed by atoms with E-state index in [0.29, 0.717) is 26.3 Å². The Morgan fingerprint density at radius 2 is 2.25 bits per heavy atom. The summed E-state index contributed by atoms with van der Waals surface area (Å²) in [6.07, 6.45) is -0.193. The van der Waals surface area contributed by atoms with Crippen molar-refractivity contribution in [2.75, 3.05) is 32.9 Å². The Labute approximate surface area is 116 Å². The zero-order valence-corrected chi connectivity index (χ0v) is 11.0. The minimum Gasteiger partial charge on any atom is -0.396 e. The second kappa shape index (κ2) is 6.76. The van der Waals surface area contributed by atoms with Gasteiger partial charge < -0.3 is 14.7 Å². The van der Waals surface area contributed by atoms with Crippen LogP contribution in [-0.4, -0.2) is 48.8 Å². The van der Waals surface area contributed by atoms with E-state index in [9.17, 15) is 13.6 Å². The van der Waals surface area contributed by atoms with Crippen LogP contribution >= 0.6 is 0 Å². The van der Waals surface area contributed by atoms with E-state index in [4.69, 9.17) is 9.84 Å². The van der Waals surface area contributed by atoms with Gasteiger partial charge in [-0.25, -0.2) is 8.78 Å². The van der Waals surface area contributed by atoms with Crippen molar-refractivity contribution in [1.82, 2.24) is 4.90 Å². The van der Waals surface area contributed by atoms with E-state index in [1.54, 1.807) is 0 Å². The zero-order valence-electron chi connectivity index (χ0n) is 11.0. The Hall–Kier alpha value is -1.53. The van der Waals surface area contributed by atoms with Crippen molar-refractivity contribution in [2.24, 2.45) is 5.92 Å². The number of halogens is 2. The molecular formula is C14H17F2NO3. The van der Waals surface area contributed by atoms with Crippen LogP contribution in [0.15, 0.2) is 18.2 Å². The normalized spacial score (nSPS) is 19.8. The van der Waals surface area contributed by atoms with Crippen molar-refractivity contribution in [1.29, 1.82) is 0 Å². The number of hydrogen-bond acceptors (Lipinski definition) is 3. The molecule has 110 valence electrons. The van der Waals surface area contributed by atoms with Gasteiger partial charge in [0.1, 0.15) is 0 Å². The fourth-order valence-corrected chi connectivity index (χ4v) is 2.18. The topological polar surface area (TPSA) is 49.8 Å². The molecule has 1 fully saturated rings. The number of carbonyl (C=O) groups excluding carboxylic acids is 1. The van der Waals surface area contributed by atoms with Gasteiger partial charge in [-0.15, -0.1) is 0 Å². The molecule has 1 saturated heterocycles. The molecule has 0 radical (unpaired) electrons. The Morgan fingerprint density at radius 1 is 1.45 bits per heavy atom. The van der Waals surface area contributed by atoms with Gasteiger partial charge in [0.05, 0.1) is 19.6 Å². The van der Waals surface area contributed by atoms with E-state index in [-0.39, 0.29) is 30.4 Å². The summed E-state index contributed by atoms with van der Waals surface area (Å²) in [5, 5.41) is 9.16. The van der Waals surface area contributed by atoms with Gasteiger partial charge >= 0.3 is 0 Å². The van der Waals surface area contributed by atoms with Gasteiger partial charge in [-0.2, -0.15) is 0 Å². The van der Waals surface area contributed by atoms with Crippen LogP contribution in [0, 0.1) is 17.6 Å². The van der Waals surface area contributed by atoms with Gasteiger partial charge in [-0.05, 0) is 6.07 Å². The van der Waals surface area contributed by atoms with Gasteiger partial charge in [-0.1, -0.05) is 12.1 Å². The molecular weight excluding hydrogens is 268 g/mol. The summed E-state index contributed by atoms with van der Waals surface area (Å²) in [6.45, 7) is 1.47. The maximum atomic E-state index is 13.5. The van der Waals surface area contributed by atoms with Crippen molar-refractivity contribution in [2.45, 2.75) is 6.42 Å². The lowest BCUT2D eigenvalue weighted by molar-refractivity contribution is -0.131. The second-order valence-electron chi connectivity index (χ2n) is 4.85. The van der Waals surface area contributed by atoms with E-state index in [2.05, 4.69) is 0 Å². The lowest BCUT2D eigenvalue weighted by Gasteiger charge is -2.22. The predicted molar refractivity (Wildman–Crippen MR) is 68.0 cm³/mol. The number of aliphatic hydroxyl groups excluding tert-OH is 1. The van der Waals surface area contributed by atoms with Crippen molar-refractivity contribution < 1.29 is 23.4 Å². The molecule has 4 nitrogen and oxygen atoms in total. The molecule has 1 amide bonds. The highest BCUT2D eigenvalue weighted by atomic mass is 19.2. The lowest BCUT2D eigenvalue weighted by atomic mass is 10.1. The standard InChI is InChI=1S/C14H17F2NO3/c15-12-3-1-2-11(14(12)16)6-13(19)17-4-5-20-9-10(7-17)8-18/h1-3,10,18H,4-9H2/t10-/m1/s1. The molecule has 0 aliphatic carbocycles. The first-order chi connectivity index (χ1) is 9.61. The molecule has 2 rings (SSSR count). The van der Waals surface area contributed by atoms with Crippen molar-refractivity contribution >= 4 is 5.91 Å². The lowest BCUT2D eigenvalue weighted by Crippen LogP contribution is -2.37. The fraction of sp³-hybridized carbons (Fsp3) is 0.500. The first kappa shape index (κ1) is 14.9. The van der Waals surface area contributed by atoms with Crippen molar-refractivity contribution in [3.05, 3.63) is 35.4 Å². The minimum absolute atomic E-state index is 0.0423. The summed E-state index contributed by atoms with van der Waals surface area (Å²) >= 11 is 0. The Balaban J connectivity index is 2.05. The molecule has 1 aliphatic rings. The van der Waals surface area contributed by atoms with E-state index >= 15 is 0 Å². The smallest absolute Gasteiger partial charge is 0.227 e. The zero-order chi connectivity index (χ0) is 14.5. The summed E-state index contributed by atoms with van der Waals surface area (Å²) in [5.41, 5.74) is 0.0423. The van der Waals surface area contributed by atoms with Crippen LogP contribution in [0.1, 0.15) is 5.56 Å². The predicted octanol–water partition coefficient (Wildman–Crippen LogP) is 0.975. The third-order valence-corrected chi connectivity index (χ3v) is 3.32. The monoisotopic (exact) mass is 285 g/mol. The molecule has 0 saturated carbocycles. The SMILES string of the molecule is O=C(Cc1cccc(F)c1F)N1CCOC[C@@H](CO)C1. The minimum atomic E-state index is -0.981. The molecule has 20 heavy (non-hydrogen) atoms. The van der Waals surface area contributed by atoms with Gasteiger partial charge in [0, 0.05) is 31.2 Å². The van der Waals surface area contributed by atoms with E-state index < -0.39 is 11.6 Å².